The molecule has 1 heterocycles. The Morgan fingerprint density at radius 1 is 0.933 bits per heavy atom. The molecule has 2 aromatic carbocycles. The van der Waals surface area contributed by atoms with Crippen LogP contribution in [0.3, 0.4) is 0 Å². The molecule has 0 aromatic heterocycles. The van der Waals surface area contributed by atoms with Crippen LogP contribution in [0.15, 0.2) is 54.6 Å². The SMILES string of the molecule is CS(=O)(=O)NCCc1ccc(CC2CCN(C(=O)CCc3ccccc3)CC2)cc1. The van der Waals surface area contributed by atoms with Crippen LogP contribution in [0, 0.1) is 5.92 Å². The van der Waals surface area contributed by atoms with Gasteiger partial charge in [-0.2, -0.15) is 0 Å². The van der Waals surface area contributed by atoms with Gasteiger partial charge in [-0.3, -0.25) is 4.79 Å². The standard InChI is InChI=1S/C24H32N2O3S/c1-30(28,29)25-16-13-21-7-9-22(10-8-21)19-23-14-17-26(18-15-23)24(27)12-11-20-5-3-2-4-6-20/h2-10,23,25H,11-19H2,1H3. The van der Waals surface area contributed by atoms with Crippen molar-refractivity contribution in [1.29, 1.82) is 0 Å². The molecule has 0 spiro atoms. The van der Waals surface area contributed by atoms with Gasteiger partial charge in [0.05, 0.1) is 6.26 Å². The van der Waals surface area contributed by atoms with E-state index in [1.807, 2.05) is 23.1 Å². The van der Waals surface area contributed by atoms with Gasteiger partial charge in [-0.25, -0.2) is 13.1 Å². The monoisotopic (exact) mass is 428 g/mol. The predicted octanol–water partition coefficient (Wildman–Crippen LogP) is 3.19. The quantitative estimate of drug-likeness (QED) is 0.667. The summed E-state index contributed by atoms with van der Waals surface area (Å²) < 4.78 is 24.8. The van der Waals surface area contributed by atoms with Crippen molar-refractivity contribution in [2.75, 3.05) is 25.9 Å². The number of amides is 1. The maximum atomic E-state index is 12.5. The fourth-order valence-electron chi connectivity index (χ4n) is 4.00. The Balaban J connectivity index is 1.38. The second-order valence-electron chi connectivity index (χ2n) is 8.25. The Kier molecular flexibility index (Phi) is 8.05. The van der Waals surface area contributed by atoms with Crippen molar-refractivity contribution >= 4 is 15.9 Å². The molecule has 5 nitrogen and oxygen atoms in total. The molecule has 162 valence electrons. The molecule has 1 aliphatic rings. The number of aryl methyl sites for hydroxylation is 1. The molecule has 0 bridgehead atoms. The molecule has 3 rings (SSSR count). The number of nitrogens with zero attached hydrogens (tertiary/aromatic N) is 1. The number of likely N-dealkylation sites (tertiary alicyclic amines) is 1. The lowest BCUT2D eigenvalue weighted by molar-refractivity contribution is -0.132. The minimum Gasteiger partial charge on any atom is -0.343 e. The van der Waals surface area contributed by atoms with Gasteiger partial charge in [0, 0.05) is 26.1 Å². The van der Waals surface area contributed by atoms with E-state index in [0.717, 1.165) is 44.3 Å². The molecule has 1 fully saturated rings. The first-order valence-electron chi connectivity index (χ1n) is 10.7. The maximum Gasteiger partial charge on any atom is 0.222 e. The molecule has 1 N–H and O–H groups in total. The molecule has 0 radical (unpaired) electrons. The van der Waals surface area contributed by atoms with Crippen LogP contribution in [0.2, 0.25) is 0 Å². The zero-order valence-corrected chi connectivity index (χ0v) is 18.5. The number of carbonyl (C=O) groups excluding carboxylic acids is 1. The molecule has 1 amide bonds. The Hall–Kier alpha value is -2.18. The van der Waals surface area contributed by atoms with Gasteiger partial charge >= 0.3 is 0 Å². The van der Waals surface area contributed by atoms with E-state index in [-0.39, 0.29) is 5.91 Å². The zero-order valence-electron chi connectivity index (χ0n) is 17.7. The average Bonchev–Trinajstić information content (AvgIpc) is 2.74. The Morgan fingerprint density at radius 2 is 1.53 bits per heavy atom. The molecule has 0 saturated carbocycles. The maximum absolute atomic E-state index is 12.5. The van der Waals surface area contributed by atoms with Gasteiger partial charge in [0.15, 0.2) is 0 Å². The van der Waals surface area contributed by atoms with Crippen molar-refractivity contribution in [3.63, 3.8) is 0 Å². The molecule has 0 atom stereocenters. The third kappa shape index (κ3) is 7.58. The lowest BCUT2D eigenvalue weighted by Crippen LogP contribution is -2.39. The summed E-state index contributed by atoms with van der Waals surface area (Å²) in [4.78, 5) is 14.5. The van der Waals surface area contributed by atoms with E-state index in [1.165, 1.54) is 17.4 Å². The van der Waals surface area contributed by atoms with Crippen LogP contribution < -0.4 is 4.72 Å². The summed E-state index contributed by atoms with van der Waals surface area (Å²) >= 11 is 0. The van der Waals surface area contributed by atoms with Gasteiger partial charge in [-0.05, 0) is 54.7 Å². The van der Waals surface area contributed by atoms with E-state index in [4.69, 9.17) is 0 Å². The van der Waals surface area contributed by atoms with Gasteiger partial charge in [0.2, 0.25) is 15.9 Å². The second-order valence-corrected chi connectivity index (χ2v) is 10.1. The van der Waals surface area contributed by atoms with E-state index in [2.05, 4.69) is 41.1 Å². The van der Waals surface area contributed by atoms with E-state index < -0.39 is 10.0 Å². The highest BCUT2D eigenvalue weighted by Crippen LogP contribution is 2.22. The topological polar surface area (TPSA) is 66.5 Å². The van der Waals surface area contributed by atoms with Crippen LogP contribution in [0.5, 0.6) is 0 Å². The molecule has 30 heavy (non-hydrogen) atoms. The number of carbonyl (C=O) groups is 1. The highest BCUT2D eigenvalue weighted by Gasteiger charge is 2.22. The molecular weight excluding hydrogens is 396 g/mol. The smallest absolute Gasteiger partial charge is 0.222 e. The molecule has 1 saturated heterocycles. The van der Waals surface area contributed by atoms with Gasteiger partial charge in [-0.1, -0.05) is 54.6 Å². The van der Waals surface area contributed by atoms with Crippen molar-refractivity contribution in [1.82, 2.24) is 9.62 Å². The molecule has 1 aliphatic heterocycles. The van der Waals surface area contributed by atoms with Gasteiger partial charge in [0.1, 0.15) is 0 Å². The minimum absolute atomic E-state index is 0.268. The Labute approximate surface area is 180 Å². The summed E-state index contributed by atoms with van der Waals surface area (Å²) in [7, 11) is -3.13. The fourth-order valence-corrected chi connectivity index (χ4v) is 4.47. The third-order valence-corrected chi connectivity index (χ3v) is 6.49. The number of hydrogen-bond donors (Lipinski definition) is 1. The second kappa shape index (κ2) is 10.7. The summed E-state index contributed by atoms with van der Waals surface area (Å²) in [6.07, 6.45) is 6.41. The van der Waals surface area contributed by atoms with E-state index in [9.17, 15) is 13.2 Å². The lowest BCUT2D eigenvalue weighted by atomic mass is 9.89. The van der Waals surface area contributed by atoms with E-state index >= 15 is 0 Å². The van der Waals surface area contributed by atoms with Crippen LogP contribution >= 0.6 is 0 Å². The number of nitrogens with one attached hydrogen (secondary N) is 1. The highest BCUT2D eigenvalue weighted by molar-refractivity contribution is 7.88. The summed E-state index contributed by atoms with van der Waals surface area (Å²) in [6.45, 7) is 2.13. The molecular formula is C24H32N2O3S. The molecule has 6 heteroatoms. The molecule has 0 aliphatic carbocycles. The van der Waals surface area contributed by atoms with Crippen LogP contribution in [0.25, 0.3) is 0 Å². The van der Waals surface area contributed by atoms with Crippen molar-refractivity contribution in [2.24, 2.45) is 5.92 Å². The first-order chi connectivity index (χ1) is 14.4. The lowest BCUT2D eigenvalue weighted by Gasteiger charge is -2.32. The highest BCUT2D eigenvalue weighted by atomic mass is 32.2. The fraction of sp³-hybridized carbons (Fsp3) is 0.458. The molecule has 0 unspecified atom stereocenters. The summed E-state index contributed by atoms with van der Waals surface area (Å²) in [5, 5.41) is 0. The van der Waals surface area contributed by atoms with Crippen LogP contribution in [-0.2, 0) is 34.1 Å². The first-order valence-corrected chi connectivity index (χ1v) is 12.6. The van der Waals surface area contributed by atoms with Gasteiger partial charge in [-0.15, -0.1) is 0 Å². The van der Waals surface area contributed by atoms with Crippen molar-refractivity contribution in [2.45, 2.75) is 38.5 Å². The van der Waals surface area contributed by atoms with Crippen LogP contribution in [0.4, 0.5) is 0 Å². The number of piperidine rings is 1. The Morgan fingerprint density at radius 3 is 2.17 bits per heavy atom. The predicted molar refractivity (Wildman–Crippen MR) is 121 cm³/mol. The minimum atomic E-state index is -3.13. The van der Waals surface area contributed by atoms with Crippen LogP contribution in [0.1, 0.15) is 36.0 Å². The molecule has 2 aromatic rings. The van der Waals surface area contributed by atoms with Crippen LogP contribution in [-0.4, -0.2) is 45.1 Å². The van der Waals surface area contributed by atoms with Crippen molar-refractivity contribution in [3.05, 3.63) is 71.3 Å². The van der Waals surface area contributed by atoms with E-state index in [0.29, 0.717) is 25.3 Å². The van der Waals surface area contributed by atoms with Gasteiger partial charge < -0.3 is 4.90 Å². The number of sulfonamides is 1. The summed E-state index contributed by atoms with van der Waals surface area (Å²) in [5.41, 5.74) is 3.66. The van der Waals surface area contributed by atoms with Gasteiger partial charge in [0.25, 0.3) is 0 Å². The Bertz CT molecular complexity index is 903. The summed E-state index contributed by atoms with van der Waals surface area (Å²) in [5.74, 6) is 0.880. The number of benzene rings is 2. The summed E-state index contributed by atoms with van der Waals surface area (Å²) in [6, 6.07) is 18.7. The average molecular weight is 429 g/mol. The largest absolute Gasteiger partial charge is 0.343 e. The zero-order chi connectivity index (χ0) is 21.4. The third-order valence-electron chi connectivity index (χ3n) is 5.76. The van der Waals surface area contributed by atoms with E-state index in [1.54, 1.807) is 0 Å². The number of hydrogen-bond acceptors (Lipinski definition) is 3. The van der Waals surface area contributed by atoms with Crippen molar-refractivity contribution in [3.8, 4) is 0 Å². The number of rotatable bonds is 9. The first kappa shape index (κ1) is 22.5. The normalized spacial score (nSPS) is 15.3. The van der Waals surface area contributed by atoms with Crippen molar-refractivity contribution < 1.29 is 13.2 Å².